The van der Waals surface area contributed by atoms with Crippen molar-refractivity contribution >= 4 is 33.3 Å². The molecule has 3 aromatic heterocycles. The molecule has 0 bridgehead atoms. The largest absolute Gasteiger partial charge is 0.264 e. The summed E-state index contributed by atoms with van der Waals surface area (Å²) in [5.41, 5.74) is 2.76. The number of hydrogen-bond donors (Lipinski definition) is 0. The lowest BCUT2D eigenvalue weighted by molar-refractivity contribution is 0.698. The zero-order valence-electron chi connectivity index (χ0n) is 14.1. The fourth-order valence-electron chi connectivity index (χ4n) is 3.14. The Balaban J connectivity index is 1.77. The summed E-state index contributed by atoms with van der Waals surface area (Å²) in [7, 11) is 0. The highest BCUT2D eigenvalue weighted by molar-refractivity contribution is 7.98. The van der Waals surface area contributed by atoms with Crippen LogP contribution in [0, 0.1) is 0 Å². The summed E-state index contributed by atoms with van der Waals surface area (Å²) in [5.74, 6) is 2.23. The molecule has 0 radical (unpaired) electrons. The van der Waals surface area contributed by atoms with Crippen LogP contribution in [0.5, 0.6) is 0 Å². The van der Waals surface area contributed by atoms with Crippen LogP contribution < -0.4 is 0 Å². The smallest absolute Gasteiger partial charge is 0.133 e. The van der Waals surface area contributed by atoms with Crippen molar-refractivity contribution < 1.29 is 0 Å². The molecular weight excluding hydrogens is 334 g/mol. The third kappa shape index (κ3) is 3.07. The number of thioether (sulfide) groups is 1. The normalized spacial score (nSPS) is 14.3. The molecule has 0 amide bonds. The molecule has 0 spiro atoms. The van der Waals surface area contributed by atoms with Crippen LogP contribution >= 0.6 is 23.1 Å². The average Bonchev–Trinajstić information content (AvgIpc) is 2.99. The van der Waals surface area contributed by atoms with Gasteiger partial charge in [0, 0.05) is 34.3 Å². The minimum absolute atomic E-state index is 0.353. The van der Waals surface area contributed by atoms with E-state index in [1.165, 1.54) is 51.9 Å². The van der Waals surface area contributed by atoms with Crippen molar-refractivity contribution in [3.63, 3.8) is 0 Å². The summed E-state index contributed by atoms with van der Waals surface area (Å²) < 4.78 is 0. The Kier molecular flexibility index (Phi) is 4.55. The van der Waals surface area contributed by atoms with E-state index in [-0.39, 0.29) is 0 Å². The Hall–Kier alpha value is -1.46. The van der Waals surface area contributed by atoms with Crippen LogP contribution in [0.3, 0.4) is 0 Å². The van der Waals surface area contributed by atoms with Crippen molar-refractivity contribution in [1.29, 1.82) is 0 Å². The third-order valence-electron chi connectivity index (χ3n) is 4.41. The first-order valence-corrected chi connectivity index (χ1v) is 10.4. The van der Waals surface area contributed by atoms with Crippen molar-refractivity contribution in [3.8, 4) is 0 Å². The molecule has 0 N–H and O–H groups in total. The lowest BCUT2D eigenvalue weighted by atomic mass is 9.97. The Morgan fingerprint density at radius 3 is 2.88 bits per heavy atom. The van der Waals surface area contributed by atoms with E-state index in [9.17, 15) is 0 Å². The van der Waals surface area contributed by atoms with E-state index in [2.05, 4.69) is 24.9 Å². The van der Waals surface area contributed by atoms with Crippen LogP contribution in [0.15, 0.2) is 29.6 Å². The van der Waals surface area contributed by atoms with Gasteiger partial charge in [0.2, 0.25) is 0 Å². The topological polar surface area (TPSA) is 38.7 Å². The fraction of sp³-hybridized carbons (Fsp3) is 0.421. The standard InChI is InChI=1S/C19H21N3S2/c1-12(2)17-21-18(23-11-13-6-5-9-20-10-13)16-14-7-3-4-8-15(14)24-19(16)22-17/h5-6,9-10,12H,3-4,7-8,11H2,1-2H3. The van der Waals surface area contributed by atoms with E-state index in [1.807, 2.05) is 41.6 Å². The number of pyridine rings is 1. The van der Waals surface area contributed by atoms with E-state index < -0.39 is 0 Å². The van der Waals surface area contributed by atoms with E-state index in [0.29, 0.717) is 5.92 Å². The van der Waals surface area contributed by atoms with Crippen molar-refractivity contribution in [2.75, 3.05) is 0 Å². The van der Waals surface area contributed by atoms with Crippen LogP contribution in [0.1, 0.15) is 54.4 Å². The molecule has 1 aliphatic rings. The molecule has 24 heavy (non-hydrogen) atoms. The molecule has 0 unspecified atom stereocenters. The maximum absolute atomic E-state index is 4.93. The van der Waals surface area contributed by atoms with Crippen molar-refractivity contribution in [2.24, 2.45) is 0 Å². The van der Waals surface area contributed by atoms with E-state index in [1.54, 1.807) is 0 Å². The Morgan fingerprint density at radius 2 is 2.08 bits per heavy atom. The Labute approximate surface area is 151 Å². The molecule has 1 aliphatic carbocycles. The molecule has 4 rings (SSSR count). The molecule has 0 aromatic carbocycles. The SMILES string of the molecule is CC(C)c1nc(SCc2cccnc2)c2c3c(sc2n1)CCCC3. The molecular formula is C19H21N3S2. The third-order valence-corrected chi connectivity index (χ3v) is 6.65. The van der Waals surface area contributed by atoms with Crippen LogP contribution in [0.2, 0.25) is 0 Å². The summed E-state index contributed by atoms with van der Waals surface area (Å²) in [6.45, 7) is 4.34. The summed E-state index contributed by atoms with van der Waals surface area (Å²) in [6.07, 6.45) is 8.75. The molecule has 0 fully saturated rings. The number of rotatable bonds is 4. The lowest BCUT2D eigenvalue weighted by Crippen LogP contribution is -2.02. The summed E-state index contributed by atoms with van der Waals surface area (Å²) >= 11 is 3.72. The van der Waals surface area contributed by atoms with Gasteiger partial charge in [0.1, 0.15) is 15.7 Å². The number of aromatic nitrogens is 3. The number of thiophene rings is 1. The first kappa shape index (κ1) is 16.0. The van der Waals surface area contributed by atoms with Gasteiger partial charge < -0.3 is 0 Å². The highest BCUT2D eigenvalue weighted by Gasteiger charge is 2.22. The fourth-order valence-corrected chi connectivity index (χ4v) is 5.47. The number of nitrogens with zero attached hydrogens (tertiary/aromatic N) is 3. The molecule has 0 aliphatic heterocycles. The predicted octanol–water partition coefficient (Wildman–Crippen LogP) is 5.38. The Bertz CT molecular complexity index is 856. The van der Waals surface area contributed by atoms with Crippen molar-refractivity contribution in [3.05, 3.63) is 46.4 Å². The molecule has 3 nitrogen and oxygen atoms in total. The highest BCUT2D eigenvalue weighted by Crippen LogP contribution is 2.40. The molecule has 3 heterocycles. The number of fused-ring (bicyclic) bond motifs is 3. The second-order valence-electron chi connectivity index (χ2n) is 6.58. The minimum atomic E-state index is 0.353. The summed E-state index contributed by atoms with van der Waals surface area (Å²) in [6, 6.07) is 4.13. The van der Waals surface area contributed by atoms with Crippen LogP contribution in [-0.4, -0.2) is 15.0 Å². The van der Waals surface area contributed by atoms with Gasteiger partial charge in [0.05, 0.1) is 0 Å². The van der Waals surface area contributed by atoms with Crippen LogP contribution in [-0.2, 0) is 18.6 Å². The maximum atomic E-state index is 4.93. The van der Waals surface area contributed by atoms with Gasteiger partial charge in [0.25, 0.3) is 0 Å². The summed E-state index contributed by atoms with van der Waals surface area (Å²) in [5, 5.41) is 2.49. The van der Waals surface area contributed by atoms with Gasteiger partial charge in [0.15, 0.2) is 0 Å². The molecule has 0 saturated carbocycles. The number of hydrogen-bond acceptors (Lipinski definition) is 5. The quantitative estimate of drug-likeness (QED) is 0.465. The zero-order chi connectivity index (χ0) is 16.5. The van der Waals surface area contributed by atoms with E-state index in [4.69, 9.17) is 9.97 Å². The monoisotopic (exact) mass is 355 g/mol. The lowest BCUT2D eigenvalue weighted by Gasteiger charge is -2.12. The van der Waals surface area contributed by atoms with Gasteiger partial charge in [-0.15, -0.1) is 23.1 Å². The van der Waals surface area contributed by atoms with Crippen molar-refractivity contribution in [2.45, 2.75) is 56.2 Å². The minimum Gasteiger partial charge on any atom is -0.264 e. The van der Waals surface area contributed by atoms with Gasteiger partial charge in [-0.05, 0) is 42.9 Å². The van der Waals surface area contributed by atoms with Crippen molar-refractivity contribution in [1.82, 2.24) is 15.0 Å². The number of aryl methyl sites for hydroxylation is 2. The summed E-state index contributed by atoms with van der Waals surface area (Å²) in [4.78, 5) is 16.8. The average molecular weight is 356 g/mol. The van der Waals surface area contributed by atoms with Gasteiger partial charge in [-0.1, -0.05) is 19.9 Å². The predicted molar refractivity (Wildman–Crippen MR) is 102 cm³/mol. The van der Waals surface area contributed by atoms with Gasteiger partial charge >= 0.3 is 0 Å². The molecule has 0 atom stereocenters. The first-order chi connectivity index (χ1) is 11.7. The molecule has 0 saturated heterocycles. The van der Waals surface area contributed by atoms with E-state index in [0.717, 1.165) is 16.6 Å². The van der Waals surface area contributed by atoms with E-state index >= 15 is 0 Å². The van der Waals surface area contributed by atoms with Gasteiger partial charge in [-0.3, -0.25) is 4.98 Å². The molecule has 5 heteroatoms. The zero-order valence-corrected chi connectivity index (χ0v) is 15.7. The van der Waals surface area contributed by atoms with Crippen LogP contribution in [0.4, 0.5) is 0 Å². The first-order valence-electron chi connectivity index (χ1n) is 8.56. The van der Waals surface area contributed by atoms with Crippen LogP contribution in [0.25, 0.3) is 10.2 Å². The van der Waals surface area contributed by atoms with Gasteiger partial charge in [-0.2, -0.15) is 0 Å². The second kappa shape index (κ2) is 6.81. The maximum Gasteiger partial charge on any atom is 0.133 e. The molecule has 124 valence electrons. The Morgan fingerprint density at radius 1 is 1.21 bits per heavy atom. The molecule has 3 aromatic rings. The second-order valence-corrected chi connectivity index (χ2v) is 8.63. The highest BCUT2D eigenvalue weighted by atomic mass is 32.2. The van der Waals surface area contributed by atoms with Gasteiger partial charge in [-0.25, -0.2) is 9.97 Å².